The number of halogens is 3. The minimum atomic E-state index is -1.50. The summed E-state index contributed by atoms with van der Waals surface area (Å²) in [5.41, 5.74) is 0. The highest BCUT2D eigenvalue weighted by molar-refractivity contribution is 9.09. The summed E-state index contributed by atoms with van der Waals surface area (Å²) in [6.07, 6.45) is -3.18. The van der Waals surface area contributed by atoms with E-state index in [0.717, 1.165) is 0 Å². The molecule has 4 unspecified atom stereocenters. The van der Waals surface area contributed by atoms with Gasteiger partial charge >= 0.3 is 0 Å². The summed E-state index contributed by atoms with van der Waals surface area (Å²) < 4.78 is 25.8. The van der Waals surface area contributed by atoms with E-state index in [1.165, 1.54) is 0 Å². The first-order valence-corrected chi connectivity index (χ1v) is 4.57. The zero-order chi connectivity index (χ0) is 9.30. The molecule has 12 heavy (non-hydrogen) atoms. The second kappa shape index (κ2) is 3.68. The van der Waals surface area contributed by atoms with Crippen molar-refractivity contribution in [2.24, 2.45) is 5.92 Å². The van der Waals surface area contributed by atoms with Crippen LogP contribution >= 0.6 is 15.9 Å². The molecule has 0 heterocycles. The Morgan fingerprint density at radius 1 is 1.33 bits per heavy atom. The molecule has 5 heteroatoms. The average molecular weight is 242 g/mol. The molecule has 1 rings (SSSR count). The first-order valence-electron chi connectivity index (χ1n) is 3.65. The molecule has 0 bridgehead atoms. The van der Waals surface area contributed by atoms with Crippen molar-refractivity contribution in [3.63, 3.8) is 0 Å². The van der Waals surface area contributed by atoms with Crippen molar-refractivity contribution in [2.75, 3.05) is 0 Å². The molecule has 1 aliphatic carbocycles. The fourth-order valence-corrected chi connectivity index (χ4v) is 1.88. The van der Waals surface area contributed by atoms with Gasteiger partial charge in [-0.1, -0.05) is 15.9 Å². The van der Waals surface area contributed by atoms with E-state index in [1.807, 2.05) is 0 Å². The van der Waals surface area contributed by atoms with Gasteiger partial charge in [0.15, 0.2) is 0 Å². The van der Waals surface area contributed by atoms with Crippen LogP contribution in [0.15, 0.2) is 0 Å². The quantitative estimate of drug-likeness (QED) is 0.631. The lowest BCUT2D eigenvalue weighted by Gasteiger charge is -2.32. The minimum absolute atomic E-state index is 0.0974. The smallest absolute Gasteiger partial charge is 0.113 e. The average Bonchev–Trinajstić information content (AvgIpc) is 1.96. The molecule has 0 aromatic carbocycles. The molecular weight excluding hydrogens is 234 g/mol. The van der Waals surface area contributed by atoms with Crippen molar-refractivity contribution in [1.29, 1.82) is 0 Å². The summed E-state index contributed by atoms with van der Waals surface area (Å²) in [7, 11) is 0. The maximum absolute atomic E-state index is 12.9. The SMILES string of the molecule is O=C([O-])C1CC(F)C(Br)CC1F. The second-order valence-corrected chi connectivity index (χ2v) is 4.12. The number of carbonyl (C=O) groups is 1. The van der Waals surface area contributed by atoms with E-state index in [-0.39, 0.29) is 12.8 Å². The van der Waals surface area contributed by atoms with E-state index in [2.05, 4.69) is 15.9 Å². The highest BCUT2D eigenvalue weighted by Crippen LogP contribution is 2.33. The molecule has 1 aliphatic rings. The third kappa shape index (κ3) is 1.94. The van der Waals surface area contributed by atoms with Crippen molar-refractivity contribution in [2.45, 2.75) is 30.0 Å². The van der Waals surface area contributed by atoms with Crippen molar-refractivity contribution in [1.82, 2.24) is 0 Å². The first-order chi connectivity index (χ1) is 5.52. The fraction of sp³-hybridized carbons (Fsp3) is 0.857. The van der Waals surface area contributed by atoms with E-state index < -0.39 is 29.1 Å². The zero-order valence-electron chi connectivity index (χ0n) is 6.17. The molecular formula is C7H8BrF2O2-. The Kier molecular flexibility index (Phi) is 3.04. The van der Waals surface area contributed by atoms with Crippen LogP contribution in [0.5, 0.6) is 0 Å². The van der Waals surface area contributed by atoms with Crippen LogP contribution in [0, 0.1) is 5.92 Å². The molecule has 0 radical (unpaired) electrons. The molecule has 0 aromatic rings. The molecule has 0 spiro atoms. The monoisotopic (exact) mass is 241 g/mol. The predicted octanol–water partition coefficient (Wildman–Crippen LogP) is 0.586. The van der Waals surface area contributed by atoms with Gasteiger partial charge in [-0.15, -0.1) is 0 Å². The van der Waals surface area contributed by atoms with Crippen LogP contribution in [-0.2, 0) is 4.79 Å². The lowest BCUT2D eigenvalue weighted by molar-refractivity contribution is -0.314. The van der Waals surface area contributed by atoms with Gasteiger partial charge in [0.25, 0.3) is 0 Å². The summed E-state index contributed by atoms with van der Waals surface area (Å²) in [5, 5.41) is 10.3. The number of aliphatic carboxylic acids is 1. The Balaban J connectivity index is 2.61. The van der Waals surface area contributed by atoms with E-state index in [4.69, 9.17) is 0 Å². The molecule has 4 atom stereocenters. The molecule has 0 amide bonds. The predicted molar refractivity (Wildman–Crippen MR) is 40.2 cm³/mol. The third-order valence-corrected chi connectivity index (χ3v) is 3.01. The van der Waals surface area contributed by atoms with Gasteiger partial charge in [0.2, 0.25) is 0 Å². The summed E-state index contributed by atoms with van der Waals surface area (Å²) >= 11 is 2.94. The zero-order valence-corrected chi connectivity index (χ0v) is 7.76. The number of carbonyl (C=O) groups excluding carboxylic acids is 1. The van der Waals surface area contributed by atoms with Gasteiger partial charge in [0.05, 0.1) is 0 Å². The van der Waals surface area contributed by atoms with Gasteiger partial charge in [-0.2, -0.15) is 0 Å². The summed E-state index contributed by atoms with van der Waals surface area (Å²) in [4.78, 5) is 9.72. The van der Waals surface area contributed by atoms with Crippen molar-refractivity contribution in [3.8, 4) is 0 Å². The van der Waals surface area contributed by atoms with E-state index >= 15 is 0 Å². The number of carboxylic acids is 1. The third-order valence-electron chi connectivity index (χ3n) is 2.06. The van der Waals surface area contributed by atoms with E-state index in [9.17, 15) is 18.7 Å². The highest BCUT2D eigenvalue weighted by Gasteiger charge is 2.36. The lowest BCUT2D eigenvalue weighted by atomic mass is 9.86. The Labute approximate surface area is 77.1 Å². The lowest BCUT2D eigenvalue weighted by Crippen LogP contribution is -2.44. The van der Waals surface area contributed by atoms with Gasteiger partial charge in [-0.25, -0.2) is 8.78 Å². The van der Waals surface area contributed by atoms with Crippen LogP contribution in [0.4, 0.5) is 8.78 Å². The van der Waals surface area contributed by atoms with Crippen LogP contribution in [0.3, 0.4) is 0 Å². The normalized spacial score (nSPS) is 42.6. The largest absolute Gasteiger partial charge is 0.550 e. The maximum atomic E-state index is 12.9. The van der Waals surface area contributed by atoms with Crippen LogP contribution in [-0.4, -0.2) is 23.1 Å². The molecule has 0 aliphatic heterocycles. The van der Waals surface area contributed by atoms with E-state index in [0.29, 0.717) is 0 Å². The van der Waals surface area contributed by atoms with Crippen LogP contribution in [0.2, 0.25) is 0 Å². The van der Waals surface area contributed by atoms with Gasteiger partial charge in [0.1, 0.15) is 12.3 Å². The fourth-order valence-electron chi connectivity index (χ4n) is 1.31. The first kappa shape index (κ1) is 9.89. The Morgan fingerprint density at radius 3 is 2.42 bits per heavy atom. The number of hydrogen-bond acceptors (Lipinski definition) is 2. The number of alkyl halides is 3. The van der Waals surface area contributed by atoms with Crippen LogP contribution < -0.4 is 5.11 Å². The van der Waals surface area contributed by atoms with Gasteiger partial charge in [0, 0.05) is 16.7 Å². The Bertz CT molecular complexity index is 188. The van der Waals surface area contributed by atoms with Crippen molar-refractivity contribution in [3.05, 3.63) is 0 Å². The summed E-state index contributed by atoms with van der Waals surface area (Å²) in [5.74, 6) is -2.78. The number of carboxylic acid groups (broad SMARTS) is 1. The van der Waals surface area contributed by atoms with Crippen LogP contribution in [0.25, 0.3) is 0 Å². The van der Waals surface area contributed by atoms with Crippen molar-refractivity contribution < 1.29 is 18.7 Å². The maximum Gasteiger partial charge on any atom is 0.113 e. The molecule has 2 nitrogen and oxygen atoms in total. The topological polar surface area (TPSA) is 40.1 Å². The Hall–Kier alpha value is -0.190. The number of hydrogen-bond donors (Lipinski definition) is 0. The molecule has 0 aromatic heterocycles. The second-order valence-electron chi connectivity index (χ2n) is 2.94. The highest BCUT2D eigenvalue weighted by atomic mass is 79.9. The van der Waals surface area contributed by atoms with Crippen LogP contribution in [0.1, 0.15) is 12.8 Å². The van der Waals surface area contributed by atoms with Gasteiger partial charge < -0.3 is 9.90 Å². The molecule has 0 N–H and O–H groups in total. The minimum Gasteiger partial charge on any atom is -0.550 e. The van der Waals surface area contributed by atoms with Gasteiger partial charge in [-0.05, 0) is 12.8 Å². The Morgan fingerprint density at radius 2 is 1.92 bits per heavy atom. The standard InChI is InChI=1S/C7H9BrF2O2/c8-4-2-5(9)3(7(11)12)1-6(4)10/h3-6H,1-2H2,(H,11,12)/p-1. The molecule has 1 saturated carbocycles. The molecule has 70 valence electrons. The van der Waals surface area contributed by atoms with Crippen molar-refractivity contribution >= 4 is 21.9 Å². The van der Waals surface area contributed by atoms with Gasteiger partial charge in [-0.3, -0.25) is 0 Å². The molecule has 0 saturated heterocycles. The number of rotatable bonds is 1. The van der Waals surface area contributed by atoms with E-state index in [1.54, 1.807) is 0 Å². The molecule has 1 fully saturated rings. The summed E-state index contributed by atoms with van der Waals surface area (Å²) in [6.45, 7) is 0. The summed E-state index contributed by atoms with van der Waals surface area (Å²) in [6, 6.07) is 0.